The van der Waals surface area contributed by atoms with Gasteiger partial charge < -0.3 is 14.6 Å². The lowest BCUT2D eigenvalue weighted by Crippen LogP contribution is -2.39. The molecule has 236 valence electrons. The number of methoxy groups -OCH3 is 1. The highest BCUT2D eigenvalue weighted by molar-refractivity contribution is 7.99. The summed E-state index contributed by atoms with van der Waals surface area (Å²) in [6, 6.07) is 17.2. The Labute approximate surface area is 253 Å². The fourth-order valence-electron chi connectivity index (χ4n) is 4.49. The van der Waals surface area contributed by atoms with Crippen LogP contribution in [0, 0.1) is 5.92 Å². The summed E-state index contributed by atoms with van der Waals surface area (Å²) >= 11 is 1.01. The molecule has 1 amide bonds. The molecule has 5 atom stereocenters. The van der Waals surface area contributed by atoms with E-state index in [4.69, 9.17) is 4.74 Å². The van der Waals surface area contributed by atoms with Crippen LogP contribution in [0.15, 0.2) is 59.8 Å². The quantitative estimate of drug-likeness (QED) is 0.0922. The first-order chi connectivity index (χ1) is 20.7. The zero-order chi connectivity index (χ0) is 31.2. The third kappa shape index (κ3) is 10.8. The van der Waals surface area contributed by atoms with Gasteiger partial charge in [0.05, 0.1) is 7.11 Å². The molecule has 0 saturated carbocycles. The summed E-state index contributed by atoms with van der Waals surface area (Å²) in [7, 11) is 1.59. The summed E-state index contributed by atoms with van der Waals surface area (Å²) in [5, 5.41) is 11.8. The van der Waals surface area contributed by atoms with Gasteiger partial charge in [-0.05, 0) is 49.4 Å². The van der Waals surface area contributed by atoms with Crippen LogP contribution < -0.4 is 10.1 Å². The van der Waals surface area contributed by atoms with E-state index in [0.29, 0.717) is 56.2 Å². The Hall–Kier alpha value is -3.15. The molecule has 3 rings (SSSR count). The number of amides is 1. The van der Waals surface area contributed by atoms with Crippen molar-refractivity contribution in [2.75, 3.05) is 19.5 Å². The minimum atomic E-state index is -2.76. The highest BCUT2D eigenvalue weighted by Gasteiger charge is 2.39. The minimum Gasteiger partial charge on any atom is -0.497 e. The van der Waals surface area contributed by atoms with Crippen molar-refractivity contribution in [3.63, 3.8) is 0 Å². The van der Waals surface area contributed by atoms with E-state index in [1.165, 1.54) is 0 Å². The number of aryl methyl sites for hydroxylation is 2. The summed E-state index contributed by atoms with van der Waals surface area (Å²) in [5.74, 6) is -0.393. The van der Waals surface area contributed by atoms with E-state index in [-0.39, 0.29) is 11.7 Å². The van der Waals surface area contributed by atoms with Gasteiger partial charge >= 0.3 is 0 Å². The molecule has 3 aromatic rings. The van der Waals surface area contributed by atoms with Gasteiger partial charge in [-0.3, -0.25) is 4.79 Å². The zero-order valence-electron chi connectivity index (χ0n) is 24.4. The molecule has 0 fully saturated rings. The predicted molar refractivity (Wildman–Crippen MR) is 158 cm³/mol. The van der Waals surface area contributed by atoms with E-state index in [2.05, 4.69) is 15.5 Å². The highest BCUT2D eigenvalue weighted by Crippen LogP contribution is 2.30. The molecule has 1 N–H and O–H groups in total. The smallest absolute Gasteiger partial charge is 0.220 e. The Morgan fingerprint density at radius 2 is 1.67 bits per heavy atom. The normalized spacial score (nSPS) is 15.0. The van der Waals surface area contributed by atoms with Gasteiger partial charge in [0.2, 0.25) is 5.91 Å². The summed E-state index contributed by atoms with van der Waals surface area (Å²) in [4.78, 5) is 12.3. The maximum absolute atomic E-state index is 14.7. The van der Waals surface area contributed by atoms with Crippen LogP contribution in [-0.4, -0.2) is 64.9 Å². The SMILES string of the molecule is COc1ccc(CNC(=O)CCCCc2nnc(SCC(C(C)F)C(F)C(F)C(F)CF)n2CCc2ccccc2)cc1. The van der Waals surface area contributed by atoms with Crippen LogP contribution in [0.2, 0.25) is 0 Å². The predicted octanol–water partition coefficient (Wildman–Crippen LogP) is 6.61. The second-order valence-electron chi connectivity index (χ2n) is 10.3. The number of unbranched alkanes of at least 4 members (excludes halogenated alkanes) is 1. The number of carbonyl (C=O) groups is 1. The molecule has 1 aromatic heterocycles. The molecule has 0 saturated heterocycles. The molecule has 2 aromatic carbocycles. The van der Waals surface area contributed by atoms with Crippen molar-refractivity contribution >= 4 is 17.7 Å². The molecule has 0 spiro atoms. The van der Waals surface area contributed by atoms with Crippen LogP contribution in [0.4, 0.5) is 22.0 Å². The summed E-state index contributed by atoms with van der Waals surface area (Å²) in [6.07, 6.45) is -6.92. The van der Waals surface area contributed by atoms with E-state index in [0.717, 1.165) is 35.6 Å². The monoisotopic (exact) mass is 626 g/mol. The van der Waals surface area contributed by atoms with E-state index in [1.807, 2.05) is 59.2 Å². The van der Waals surface area contributed by atoms with Crippen molar-refractivity contribution in [2.24, 2.45) is 5.92 Å². The van der Waals surface area contributed by atoms with Gasteiger partial charge in [-0.1, -0.05) is 54.2 Å². The number of benzene rings is 2. The Balaban J connectivity index is 1.59. The van der Waals surface area contributed by atoms with Gasteiger partial charge in [-0.2, -0.15) is 0 Å². The van der Waals surface area contributed by atoms with Crippen molar-refractivity contribution in [1.29, 1.82) is 0 Å². The molecule has 0 aliphatic heterocycles. The highest BCUT2D eigenvalue weighted by atomic mass is 32.2. The van der Waals surface area contributed by atoms with Crippen molar-refractivity contribution in [1.82, 2.24) is 20.1 Å². The lowest BCUT2D eigenvalue weighted by Gasteiger charge is -2.25. The summed E-state index contributed by atoms with van der Waals surface area (Å²) in [6.45, 7) is 0.306. The van der Waals surface area contributed by atoms with Crippen LogP contribution >= 0.6 is 11.8 Å². The second kappa shape index (κ2) is 17.8. The first kappa shape index (κ1) is 34.3. The molecule has 5 unspecified atom stereocenters. The fraction of sp³-hybridized carbons (Fsp3) is 0.516. The third-order valence-electron chi connectivity index (χ3n) is 7.16. The van der Waals surface area contributed by atoms with Crippen LogP contribution in [0.3, 0.4) is 0 Å². The second-order valence-corrected chi connectivity index (χ2v) is 11.3. The number of nitrogens with zero attached hydrogens (tertiary/aromatic N) is 3. The van der Waals surface area contributed by atoms with Gasteiger partial charge in [-0.25, -0.2) is 22.0 Å². The van der Waals surface area contributed by atoms with E-state index < -0.39 is 37.3 Å². The fourth-order valence-corrected chi connectivity index (χ4v) is 5.73. The molecule has 0 radical (unpaired) electrons. The Kier molecular flexibility index (Phi) is 14.3. The average molecular weight is 627 g/mol. The van der Waals surface area contributed by atoms with Crippen molar-refractivity contribution in [3.8, 4) is 5.75 Å². The van der Waals surface area contributed by atoms with E-state index in [1.54, 1.807) is 7.11 Å². The molecule has 0 bridgehead atoms. The number of alkyl halides is 5. The maximum Gasteiger partial charge on any atom is 0.220 e. The number of halogens is 5. The lowest BCUT2D eigenvalue weighted by molar-refractivity contribution is -0.121. The number of aromatic nitrogens is 3. The largest absolute Gasteiger partial charge is 0.497 e. The number of thioether (sulfide) groups is 1. The number of hydrogen-bond acceptors (Lipinski definition) is 5. The van der Waals surface area contributed by atoms with E-state index in [9.17, 15) is 26.7 Å². The first-order valence-corrected chi connectivity index (χ1v) is 15.3. The van der Waals surface area contributed by atoms with Gasteiger partial charge in [0.15, 0.2) is 17.5 Å². The van der Waals surface area contributed by atoms with Crippen LogP contribution in [0.5, 0.6) is 5.75 Å². The molecule has 12 heteroatoms. The van der Waals surface area contributed by atoms with Crippen molar-refractivity contribution in [3.05, 3.63) is 71.5 Å². The average Bonchev–Trinajstić information content (AvgIpc) is 3.41. The molecule has 1 heterocycles. The Bertz CT molecular complexity index is 1230. The number of rotatable bonds is 19. The summed E-state index contributed by atoms with van der Waals surface area (Å²) in [5.41, 5.74) is 2.04. The zero-order valence-corrected chi connectivity index (χ0v) is 25.2. The standard InChI is InChI=1S/C31H39F5N4O2S/c1-21(33)25(29(35)30(36)26(34)18-32)20-43-31-39-38-27(40(31)17-16-22-8-4-3-5-9-22)10-6-7-11-28(41)37-19-23-12-14-24(42-2)15-13-23/h3-5,8-9,12-15,21,25-26,29-30H,6-7,10-11,16-20H2,1-2H3,(H,37,41). The lowest BCUT2D eigenvalue weighted by atomic mass is 9.96. The van der Waals surface area contributed by atoms with Crippen molar-refractivity contribution < 1.29 is 31.5 Å². The molecular weight excluding hydrogens is 587 g/mol. The maximum atomic E-state index is 14.7. The molecule has 6 nitrogen and oxygen atoms in total. The molecule has 0 aliphatic carbocycles. The molecule has 43 heavy (non-hydrogen) atoms. The molecular formula is C31H39F5N4O2S. The van der Waals surface area contributed by atoms with Crippen LogP contribution in [0.25, 0.3) is 0 Å². The van der Waals surface area contributed by atoms with Crippen LogP contribution in [0.1, 0.15) is 43.1 Å². The topological polar surface area (TPSA) is 69.0 Å². The van der Waals surface area contributed by atoms with Gasteiger partial charge in [-0.15, -0.1) is 10.2 Å². The number of nitrogens with one attached hydrogen (secondary N) is 1. The van der Waals surface area contributed by atoms with Crippen LogP contribution in [-0.2, 0) is 30.7 Å². The van der Waals surface area contributed by atoms with Gasteiger partial charge in [0, 0.05) is 37.6 Å². The number of ether oxygens (including phenoxy) is 1. The molecule has 0 aliphatic rings. The van der Waals surface area contributed by atoms with Gasteiger partial charge in [0.1, 0.15) is 30.6 Å². The first-order valence-electron chi connectivity index (χ1n) is 14.3. The summed E-state index contributed by atoms with van der Waals surface area (Å²) < 4.78 is 76.0. The van der Waals surface area contributed by atoms with Crippen molar-refractivity contribution in [2.45, 2.75) is 82.0 Å². The third-order valence-corrected chi connectivity index (χ3v) is 8.28. The number of hydrogen-bond donors (Lipinski definition) is 1. The minimum absolute atomic E-state index is 0.0702. The van der Waals surface area contributed by atoms with Gasteiger partial charge in [0.25, 0.3) is 0 Å². The Morgan fingerprint density at radius 3 is 2.33 bits per heavy atom. The Morgan fingerprint density at radius 1 is 0.953 bits per heavy atom. The number of carbonyl (C=O) groups excluding carboxylic acids is 1. The van der Waals surface area contributed by atoms with E-state index >= 15 is 0 Å².